The topological polar surface area (TPSA) is 84.7 Å². The first-order valence-electron chi connectivity index (χ1n) is 7.20. The van der Waals surface area contributed by atoms with Crippen molar-refractivity contribution in [2.45, 2.75) is 6.54 Å². The Morgan fingerprint density at radius 1 is 1.17 bits per heavy atom. The van der Waals surface area contributed by atoms with Crippen molar-refractivity contribution in [2.24, 2.45) is 0 Å². The van der Waals surface area contributed by atoms with Gasteiger partial charge in [-0.3, -0.25) is 4.79 Å². The highest BCUT2D eigenvalue weighted by molar-refractivity contribution is 6.30. The van der Waals surface area contributed by atoms with Gasteiger partial charge in [0.1, 0.15) is 29.7 Å². The second-order valence-electron chi connectivity index (χ2n) is 5.17. The summed E-state index contributed by atoms with van der Waals surface area (Å²) in [6, 6.07) is 17.9. The number of nitrogens with two attached hydrogens (primary N) is 1. The molecule has 118 valence electrons. The molecule has 0 saturated heterocycles. The van der Waals surface area contributed by atoms with Gasteiger partial charge in [0.2, 0.25) is 0 Å². The molecule has 2 aromatic carbocycles. The maximum absolute atomic E-state index is 12.4. The summed E-state index contributed by atoms with van der Waals surface area (Å²) in [6.07, 6.45) is 0. The molecule has 1 heterocycles. The van der Waals surface area contributed by atoms with Crippen molar-refractivity contribution < 1.29 is 4.79 Å². The molecule has 0 amide bonds. The number of Topliss-reactive ketones (excluding diaryl/α,β-unsaturated/α-hetero) is 1. The minimum absolute atomic E-state index is 0.0466. The van der Waals surface area contributed by atoms with Crippen molar-refractivity contribution in [3.8, 4) is 17.3 Å². The number of hydrogen-bond acceptors (Lipinski definition) is 4. The fraction of sp³-hybridized carbons (Fsp3) is 0.0556. The number of nitrogen functional groups attached to an aromatic ring is 1. The van der Waals surface area contributed by atoms with Gasteiger partial charge in [0.25, 0.3) is 0 Å². The quantitative estimate of drug-likeness (QED) is 0.738. The number of carbonyl (C=O) groups excluding carboxylic acids is 1. The van der Waals surface area contributed by atoms with E-state index in [1.807, 2.05) is 30.3 Å². The van der Waals surface area contributed by atoms with Gasteiger partial charge in [0, 0.05) is 16.1 Å². The maximum atomic E-state index is 12.4. The van der Waals surface area contributed by atoms with Crippen LogP contribution in [-0.2, 0) is 6.54 Å². The first kappa shape index (κ1) is 15.8. The normalized spacial score (nSPS) is 10.3. The third-order valence-corrected chi connectivity index (χ3v) is 3.86. The van der Waals surface area contributed by atoms with Gasteiger partial charge in [0.15, 0.2) is 5.78 Å². The van der Waals surface area contributed by atoms with Gasteiger partial charge in [-0.15, -0.1) is 0 Å². The van der Waals surface area contributed by atoms with Crippen LogP contribution in [0.2, 0.25) is 5.02 Å². The summed E-state index contributed by atoms with van der Waals surface area (Å²) in [4.78, 5) is 12.4. The maximum Gasteiger partial charge on any atom is 0.184 e. The van der Waals surface area contributed by atoms with Gasteiger partial charge in [-0.1, -0.05) is 41.9 Å². The summed E-state index contributed by atoms with van der Waals surface area (Å²) < 4.78 is 1.36. The third kappa shape index (κ3) is 3.00. The highest BCUT2D eigenvalue weighted by Crippen LogP contribution is 2.26. The van der Waals surface area contributed by atoms with Crippen LogP contribution < -0.4 is 5.73 Å². The number of carbonyl (C=O) groups is 1. The molecule has 6 heteroatoms. The van der Waals surface area contributed by atoms with Gasteiger partial charge in [-0.05, 0) is 24.3 Å². The van der Waals surface area contributed by atoms with Gasteiger partial charge >= 0.3 is 0 Å². The summed E-state index contributed by atoms with van der Waals surface area (Å²) >= 11 is 5.83. The van der Waals surface area contributed by atoms with Crippen LogP contribution in [-0.4, -0.2) is 15.6 Å². The molecular formula is C18H13ClN4O. The highest BCUT2D eigenvalue weighted by Gasteiger charge is 2.19. The number of ketones is 1. The number of hydrogen-bond donors (Lipinski definition) is 1. The van der Waals surface area contributed by atoms with E-state index in [-0.39, 0.29) is 23.7 Å². The average Bonchev–Trinajstić information content (AvgIpc) is 2.92. The predicted octanol–water partition coefficient (Wildman–Crippen LogP) is 3.54. The molecule has 0 bridgehead atoms. The van der Waals surface area contributed by atoms with E-state index in [2.05, 4.69) is 11.2 Å². The molecule has 3 rings (SSSR count). The largest absolute Gasteiger partial charge is 0.383 e. The molecule has 24 heavy (non-hydrogen) atoms. The molecule has 0 saturated carbocycles. The molecule has 1 aromatic heterocycles. The van der Waals surface area contributed by atoms with Crippen molar-refractivity contribution in [1.82, 2.24) is 9.78 Å². The zero-order valence-corrected chi connectivity index (χ0v) is 13.4. The van der Waals surface area contributed by atoms with Gasteiger partial charge in [-0.2, -0.15) is 10.4 Å². The van der Waals surface area contributed by atoms with Crippen LogP contribution >= 0.6 is 11.6 Å². The smallest absolute Gasteiger partial charge is 0.184 e. The fourth-order valence-electron chi connectivity index (χ4n) is 2.37. The van der Waals surface area contributed by atoms with E-state index in [1.54, 1.807) is 24.3 Å². The Balaban J connectivity index is 1.95. The number of nitrogens with zero attached hydrogens (tertiary/aromatic N) is 3. The highest BCUT2D eigenvalue weighted by atomic mass is 35.5. The van der Waals surface area contributed by atoms with Crippen LogP contribution in [0, 0.1) is 11.3 Å². The Hall–Kier alpha value is -3.10. The molecule has 0 aliphatic carbocycles. The SMILES string of the molecule is N#Cc1c(-c2ccccc2)nn(CC(=O)c2ccc(Cl)cc2)c1N. The lowest BCUT2D eigenvalue weighted by Gasteiger charge is -2.04. The molecule has 0 spiro atoms. The van der Waals surface area contributed by atoms with Crippen LogP contribution in [0.25, 0.3) is 11.3 Å². The van der Waals surface area contributed by atoms with Crippen molar-refractivity contribution in [1.29, 1.82) is 5.26 Å². The number of nitriles is 1. The molecule has 0 atom stereocenters. The van der Waals surface area contributed by atoms with Crippen LogP contribution in [0.3, 0.4) is 0 Å². The van der Waals surface area contributed by atoms with Crippen LogP contribution in [0.4, 0.5) is 5.82 Å². The summed E-state index contributed by atoms with van der Waals surface area (Å²) in [6.45, 7) is -0.0466. The first-order chi connectivity index (χ1) is 11.6. The molecule has 3 aromatic rings. The fourth-order valence-corrected chi connectivity index (χ4v) is 2.49. The number of benzene rings is 2. The van der Waals surface area contributed by atoms with Crippen LogP contribution in [0.5, 0.6) is 0 Å². The van der Waals surface area contributed by atoms with Gasteiger partial charge in [0.05, 0.1) is 0 Å². The molecular weight excluding hydrogens is 324 g/mol. The van der Waals surface area contributed by atoms with E-state index in [4.69, 9.17) is 17.3 Å². The summed E-state index contributed by atoms with van der Waals surface area (Å²) in [5, 5.41) is 14.3. The number of rotatable bonds is 4. The molecule has 0 aliphatic heterocycles. The molecule has 0 radical (unpaired) electrons. The lowest BCUT2D eigenvalue weighted by molar-refractivity contribution is 0.0968. The van der Waals surface area contributed by atoms with Gasteiger partial charge < -0.3 is 5.73 Å². The standard InChI is InChI=1S/C18H13ClN4O/c19-14-8-6-12(7-9-14)16(24)11-23-18(21)15(10-20)17(22-23)13-4-2-1-3-5-13/h1-9H,11,21H2. The lowest BCUT2D eigenvalue weighted by Crippen LogP contribution is -2.14. The van der Waals surface area contributed by atoms with E-state index in [9.17, 15) is 10.1 Å². The zero-order valence-electron chi connectivity index (χ0n) is 12.6. The minimum Gasteiger partial charge on any atom is -0.383 e. The summed E-state index contributed by atoms with van der Waals surface area (Å²) in [5.74, 6) is 0.0173. The number of aromatic nitrogens is 2. The van der Waals surface area contributed by atoms with Crippen LogP contribution in [0.1, 0.15) is 15.9 Å². The molecule has 0 aliphatic rings. The predicted molar refractivity (Wildman–Crippen MR) is 92.6 cm³/mol. The van der Waals surface area contributed by atoms with Gasteiger partial charge in [-0.25, -0.2) is 4.68 Å². The van der Waals surface area contributed by atoms with E-state index >= 15 is 0 Å². The van der Waals surface area contributed by atoms with Crippen molar-refractivity contribution in [3.05, 3.63) is 70.7 Å². The Morgan fingerprint density at radius 2 is 1.83 bits per heavy atom. The Labute approximate surface area is 143 Å². The molecule has 5 nitrogen and oxygen atoms in total. The van der Waals surface area contributed by atoms with E-state index in [0.717, 1.165) is 5.56 Å². The second-order valence-corrected chi connectivity index (χ2v) is 5.61. The Kier molecular flexibility index (Phi) is 4.32. The molecule has 2 N–H and O–H groups in total. The van der Waals surface area contributed by atoms with Crippen LogP contribution in [0.15, 0.2) is 54.6 Å². The monoisotopic (exact) mass is 336 g/mol. The van der Waals surface area contributed by atoms with E-state index in [1.165, 1.54) is 4.68 Å². The molecule has 0 fully saturated rings. The number of anilines is 1. The lowest BCUT2D eigenvalue weighted by atomic mass is 10.1. The summed E-state index contributed by atoms with van der Waals surface area (Å²) in [7, 11) is 0. The Bertz CT molecular complexity index is 924. The average molecular weight is 337 g/mol. The second kappa shape index (κ2) is 6.57. The first-order valence-corrected chi connectivity index (χ1v) is 7.58. The third-order valence-electron chi connectivity index (χ3n) is 3.61. The minimum atomic E-state index is -0.162. The number of halogens is 1. The van der Waals surface area contributed by atoms with E-state index < -0.39 is 0 Å². The Morgan fingerprint density at radius 3 is 2.46 bits per heavy atom. The van der Waals surface area contributed by atoms with E-state index in [0.29, 0.717) is 16.3 Å². The van der Waals surface area contributed by atoms with Crippen molar-refractivity contribution >= 4 is 23.2 Å². The van der Waals surface area contributed by atoms with Crippen molar-refractivity contribution in [2.75, 3.05) is 5.73 Å². The zero-order chi connectivity index (χ0) is 17.1. The molecule has 0 unspecified atom stereocenters. The summed E-state index contributed by atoms with van der Waals surface area (Å²) in [5.41, 5.74) is 8.03. The van der Waals surface area contributed by atoms with Crippen molar-refractivity contribution in [3.63, 3.8) is 0 Å².